The van der Waals surface area contributed by atoms with Crippen LogP contribution in [0.5, 0.6) is 0 Å². The molecule has 0 aliphatic heterocycles. The molecular formula is C22H18FN3O. The molecule has 4 nitrogen and oxygen atoms in total. The zero-order valence-electron chi connectivity index (χ0n) is 14.8. The number of hydrogen-bond donors (Lipinski definition) is 1. The number of fused-ring (bicyclic) bond motifs is 1. The standard InChI is InChI=1S/C22H18FN3O/c1-15(27)24-13-16-3-2-4-19(11-16)21-14-25-22-12-18(9-10-26(21)22)17-5-7-20(23)8-6-17/h2-12,14H,13H2,1H3,(H,24,27). The van der Waals surface area contributed by atoms with Crippen LogP contribution >= 0.6 is 0 Å². The normalized spacial score (nSPS) is 10.9. The maximum absolute atomic E-state index is 13.1. The fraction of sp³-hybridized carbons (Fsp3) is 0.0909. The number of benzene rings is 2. The van der Waals surface area contributed by atoms with E-state index in [0.29, 0.717) is 6.54 Å². The third-order valence-electron chi connectivity index (χ3n) is 4.45. The Labute approximate surface area is 156 Å². The molecule has 0 fully saturated rings. The molecule has 0 bridgehead atoms. The van der Waals surface area contributed by atoms with E-state index in [-0.39, 0.29) is 11.7 Å². The number of imidazole rings is 1. The molecule has 0 radical (unpaired) electrons. The molecular weight excluding hydrogens is 341 g/mol. The van der Waals surface area contributed by atoms with E-state index in [1.807, 2.05) is 53.2 Å². The van der Waals surface area contributed by atoms with E-state index in [4.69, 9.17) is 0 Å². The lowest BCUT2D eigenvalue weighted by atomic mass is 10.1. The number of halogens is 1. The van der Waals surface area contributed by atoms with Crippen LogP contribution in [0.1, 0.15) is 12.5 Å². The quantitative estimate of drug-likeness (QED) is 0.585. The van der Waals surface area contributed by atoms with E-state index in [1.54, 1.807) is 12.1 Å². The second kappa shape index (κ2) is 7.03. The second-order valence-corrected chi connectivity index (χ2v) is 6.40. The van der Waals surface area contributed by atoms with Crippen LogP contribution in [0.25, 0.3) is 28.0 Å². The van der Waals surface area contributed by atoms with Crippen molar-refractivity contribution in [3.8, 4) is 22.4 Å². The van der Waals surface area contributed by atoms with E-state index in [9.17, 15) is 9.18 Å². The molecule has 1 N–H and O–H groups in total. The van der Waals surface area contributed by atoms with E-state index < -0.39 is 0 Å². The van der Waals surface area contributed by atoms with E-state index in [0.717, 1.165) is 33.6 Å². The Hall–Kier alpha value is -3.47. The van der Waals surface area contributed by atoms with Gasteiger partial charge in [0.15, 0.2) is 0 Å². The minimum absolute atomic E-state index is 0.0523. The van der Waals surface area contributed by atoms with E-state index in [1.165, 1.54) is 19.1 Å². The molecule has 2 aromatic heterocycles. The Bertz CT molecular complexity index is 1120. The van der Waals surface area contributed by atoms with Crippen molar-refractivity contribution in [3.63, 3.8) is 0 Å². The molecule has 4 rings (SSSR count). The molecule has 0 unspecified atom stereocenters. The monoisotopic (exact) mass is 359 g/mol. The van der Waals surface area contributed by atoms with Gasteiger partial charge in [0.05, 0.1) is 11.9 Å². The Balaban J connectivity index is 1.68. The van der Waals surface area contributed by atoms with Gasteiger partial charge in [-0.1, -0.05) is 30.3 Å². The third kappa shape index (κ3) is 3.58. The van der Waals surface area contributed by atoms with Crippen LogP contribution in [-0.2, 0) is 11.3 Å². The smallest absolute Gasteiger partial charge is 0.217 e. The van der Waals surface area contributed by atoms with Crippen molar-refractivity contribution in [1.82, 2.24) is 14.7 Å². The molecule has 2 heterocycles. The second-order valence-electron chi connectivity index (χ2n) is 6.40. The van der Waals surface area contributed by atoms with Crippen LogP contribution in [0.3, 0.4) is 0 Å². The number of aromatic nitrogens is 2. The Morgan fingerprint density at radius 3 is 2.63 bits per heavy atom. The van der Waals surface area contributed by atoms with Gasteiger partial charge in [0.1, 0.15) is 11.5 Å². The number of nitrogens with one attached hydrogen (secondary N) is 1. The lowest BCUT2D eigenvalue weighted by molar-refractivity contribution is -0.119. The van der Waals surface area contributed by atoms with Crippen molar-refractivity contribution in [2.75, 3.05) is 0 Å². The van der Waals surface area contributed by atoms with Crippen LogP contribution in [0.15, 0.2) is 73.1 Å². The fourth-order valence-corrected chi connectivity index (χ4v) is 3.08. The molecule has 0 saturated heterocycles. The van der Waals surface area contributed by atoms with Gasteiger partial charge >= 0.3 is 0 Å². The number of carbonyl (C=O) groups is 1. The lowest BCUT2D eigenvalue weighted by Crippen LogP contribution is -2.18. The molecule has 0 atom stereocenters. The van der Waals surface area contributed by atoms with Crippen molar-refractivity contribution < 1.29 is 9.18 Å². The summed E-state index contributed by atoms with van der Waals surface area (Å²) >= 11 is 0. The van der Waals surface area contributed by atoms with Crippen molar-refractivity contribution in [2.24, 2.45) is 0 Å². The summed E-state index contributed by atoms with van der Waals surface area (Å²) < 4.78 is 15.2. The summed E-state index contributed by atoms with van der Waals surface area (Å²) in [6.45, 7) is 2.00. The molecule has 5 heteroatoms. The van der Waals surface area contributed by atoms with Gasteiger partial charge in [0.2, 0.25) is 5.91 Å². The summed E-state index contributed by atoms with van der Waals surface area (Å²) in [6, 6.07) is 18.4. The summed E-state index contributed by atoms with van der Waals surface area (Å²) in [4.78, 5) is 15.6. The van der Waals surface area contributed by atoms with Gasteiger partial charge in [0.25, 0.3) is 0 Å². The van der Waals surface area contributed by atoms with Crippen LogP contribution in [-0.4, -0.2) is 15.3 Å². The average molecular weight is 359 g/mol. The summed E-state index contributed by atoms with van der Waals surface area (Å²) in [5, 5.41) is 2.81. The van der Waals surface area contributed by atoms with E-state index in [2.05, 4.69) is 10.3 Å². The average Bonchev–Trinajstić information content (AvgIpc) is 3.10. The molecule has 0 aliphatic carbocycles. The number of pyridine rings is 1. The number of rotatable bonds is 4. The third-order valence-corrected chi connectivity index (χ3v) is 4.45. The largest absolute Gasteiger partial charge is 0.352 e. The van der Waals surface area contributed by atoms with Crippen LogP contribution in [0, 0.1) is 5.82 Å². The minimum Gasteiger partial charge on any atom is -0.352 e. The molecule has 0 aliphatic rings. The highest BCUT2D eigenvalue weighted by Gasteiger charge is 2.08. The van der Waals surface area contributed by atoms with Crippen LogP contribution < -0.4 is 5.32 Å². The fourth-order valence-electron chi connectivity index (χ4n) is 3.08. The first-order chi connectivity index (χ1) is 13.1. The van der Waals surface area contributed by atoms with Gasteiger partial charge in [-0.05, 0) is 47.0 Å². The van der Waals surface area contributed by atoms with Crippen molar-refractivity contribution >= 4 is 11.6 Å². The topological polar surface area (TPSA) is 46.4 Å². The molecule has 27 heavy (non-hydrogen) atoms. The Morgan fingerprint density at radius 2 is 1.85 bits per heavy atom. The maximum atomic E-state index is 13.1. The first-order valence-corrected chi connectivity index (χ1v) is 8.67. The Morgan fingerprint density at radius 1 is 1.04 bits per heavy atom. The summed E-state index contributed by atoms with van der Waals surface area (Å²) in [6.07, 6.45) is 3.80. The van der Waals surface area contributed by atoms with Crippen molar-refractivity contribution in [2.45, 2.75) is 13.5 Å². The van der Waals surface area contributed by atoms with Gasteiger partial charge < -0.3 is 5.32 Å². The summed E-state index contributed by atoms with van der Waals surface area (Å²) in [7, 11) is 0. The predicted octanol–water partition coefficient (Wildman–Crippen LogP) is 4.44. The van der Waals surface area contributed by atoms with Gasteiger partial charge in [0, 0.05) is 25.2 Å². The first-order valence-electron chi connectivity index (χ1n) is 8.67. The highest BCUT2D eigenvalue weighted by molar-refractivity contribution is 5.73. The van der Waals surface area contributed by atoms with Crippen molar-refractivity contribution in [3.05, 3.63) is 84.4 Å². The highest BCUT2D eigenvalue weighted by atomic mass is 19.1. The highest BCUT2D eigenvalue weighted by Crippen LogP contribution is 2.26. The number of hydrogen-bond acceptors (Lipinski definition) is 2. The van der Waals surface area contributed by atoms with Crippen LogP contribution in [0.2, 0.25) is 0 Å². The summed E-state index contributed by atoms with van der Waals surface area (Å²) in [5.74, 6) is -0.300. The first kappa shape index (κ1) is 17.0. The van der Waals surface area contributed by atoms with Gasteiger partial charge in [-0.2, -0.15) is 0 Å². The lowest BCUT2D eigenvalue weighted by Gasteiger charge is -2.07. The maximum Gasteiger partial charge on any atom is 0.217 e. The molecule has 2 aromatic carbocycles. The molecule has 1 amide bonds. The number of nitrogens with zero attached hydrogens (tertiary/aromatic N) is 2. The predicted molar refractivity (Wildman–Crippen MR) is 104 cm³/mol. The van der Waals surface area contributed by atoms with Gasteiger partial charge in [-0.15, -0.1) is 0 Å². The van der Waals surface area contributed by atoms with Gasteiger partial charge in [-0.3, -0.25) is 9.20 Å². The minimum atomic E-state index is -0.248. The Kier molecular flexibility index (Phi) is 4.42. The van der Waals surface area contributed by atoms with Crippen molar-refractivity contribution in [1.29, 1.82) is 0 Å². The molecule has 4 aromatic rings. The molecule has 134 valence electrons. The zero-order chi connectivity index (χ0) is 18.8. The van der Waals surface area contributed by atoms with Crippen LogP contribution in [0.4, 0.5) is 4.39 Å². The molecule has 0 spiro atoms. The molecule has 0 saturated carbocycles. The number of carbonyl (C=O) groups excluding carboxylic acids is 1. The SMILES string of the molecule is CC(=O)NCc1cccc(-c2cnc3cc(-c4ccc(F)cc4)ccn23)c1. The zero-order valence-corrected chi connectivity index (χ0v) is 14.8. The number of amides is 1. The summed E-state index contributed by atoms with van der Waals surface area (Å²) in [5.41, 5.74) is 5.78. The van der Waals surface area contributed by atoms with Gasteiger partial charge in [-0.25, -0.2) is 9.37 Å². The van der Waals surface area contributed by atoms with E-state index >= 15 is 0 Å².